The average molecular weight is 310 g/mol. The first-order valence-corrected chi connectivity index (χ1v) is 7.00. The minimum absolute atomic E-state index is 0.0375. The first kappa shape index (κ1) is 13.1. The third-order valence-electron chi connectivity index (χ3n) is 2.80. The SMILES string of the molecule is Cc1csc2nc(C(=O)Nc3ccc(F)c(Cl)c3)cn12. The molecule has 7 heteroatoms. The van der Waals surface area contributed by atoms with Crippen LogP contribution in [0.2, 0.25) is 5.02 Å². The van der Waals surface area contributed by atoms with Gasteiger partial charge in [-0.25, -0.2) is 9.37 Å². The largest absolute Gasteiger partial charge is 0.321 e. The Bertz CT molecular complexity index is 811. The summed E-state index contributed by atoms with van der Waals surface area (Å²) in [6.07, 6.45) is 1.67. The van der Waals surface area contributed by atoms with E-state index in [9.17, 15) is 9.18 Å². The summed E-state index contributed by atoms with van der Waals surface area (Å²) in [7, 11) is 0. The van der Waals surface area contributed by atoms with Crippen LogP contribution in [0.5, 0.6) is 0 Å². The van der Waals surface area contributed by atoms with Gasteiger partial charge >= 0.3 is 0 Å². The third kappa shape index (κ3) is 2.28. The van der Waals surface area contributed by atoms with Crippen molar-refractivity contribution in [3.63, 3.8) is 0 Å². The number of fused-ring (bicyclic) bond motifs is 1. The number of benzene rings is 1. The van der Waals surface area contributed by atoms with Crippen molar-refractivity contribution in [3.8, 4) is 0 Å². The van der Waals surface area contributed by atoms with Crippen LogP contribution in [-0.4, -0.2) is 15.3 Å². The molecule has 1 N–H and O–H groups in total. The quantitative estimate of drug-likeness (QED) is 0.783. The number of aromatic nitrogens is 2. The van der Waals surface area contributed by atoms with Gasteiger partial charge in [0.05, 0.1) is 5.02 Å². The number of hydrogen-bond acceptors (Lipinski definition) is 3. The van der Waals surface area contributed by atoms with Crippen molar-refractivity contribution >= 4 is 39.5 Å². The van der Waals surface area contributed by atoms with E-state index in [0.717, 1.165) is 10.7 Å². The monoisotopic (exact) mass is 309 g/mol. The number of imidazole rings is 1. The van der Waals surface area contributed by atoms with Gasteiger partial charge in [0.25, 0.3) is 5.91 Å². The van der Waals surface area contributed by atoms with Crippen molar-refractivity contribution in [2.24, 2.45) is 0 Å². The van der Waals surface area contributed by atoms with E-state index in [0.29, 0.717) is 11.4 Å². The van der Waals surface area contributed by atoms with E-state index in [4.69, 9.17) is 11.6 Å². The van der Waals surface area contributed by atoms with E-state index in [2.05, 4.69) is 10.3 Å². The van der Waals surface area contributed by atoms with E-state index in [1.165, 1.54) is 29.5 Å². The van der Waals surface area contributed by atoms with Crippen LogP contribution in [0.3, 0.4) is 0 Å². The zero-order valence-corrected chi connectivity index (χ0v) is 11.9. The Morgan fingerprint density at radius 3 is 3.00 bits per heavy atom. The number of halogens is 2. The highest BCUT2D eigenvalue weighted by Gasteiger charge is 2.13. The molecule has 1 amide bonds. The molecule has 4 nitrogen and oxygen atoms in total. The fraction of sp³-hybridized carbons (Fsp3) is 0.0769. The lowest BCUT2D eigenvalue weighted by Crippen LogP contribution is -2.12. The maximum atomic E-state index is 13.0. The van der Waals surface area contributed by atoms with Gasteiger partial charge in [-0.15, -0.1) is 11.3 Å². The van der Waals surface area contributed by atoms with E-state index in [1.54, 1.807) is 6.20 Å². The van der Waals surface area contributed by atoms with Gasteiger partial charge in [-0.1, -0.05) is 11.6 Å². The molecule has 3 aromatic rings. The number of rotatable bonds is 2. The second-order valence-corrected chi connectivity index (χ2v) is 5.48. The maximum Gasteiger partial charge on any atom is 0.275 e. The minimum Gasteiger partial charge on any atom is -0.321 e. The molecule has 0 unspecified atom stereocenters. The second-order valence-electron chi connectivity index (χ2n) is 4.24. The zero-order chi connectivity index (χ0) is 14.3. The highest BCUT2D eigenvalue weighted by Crippen LogP contribution is 2.20. The van der Waals surface area contributed by atoms with Gasteiger partial charge in [0.1, 0.15) is 11.5 Å². The van der Waals surface area contributed by atoms with Crippen LogP contribution in [0.25, 0.3) is 4.96 Å². The molecule has 20 heavy (non-hydrogen) atoms. The molecule has 0 radical (unpaired) electrons. The van der Waals surface area contributed by atoms with Crippen LogP contribution < -0.4 is 5.32 Å². The summed E-state index contributed by atoms with van der Waals surface area (Å²) in [5, 5.41) is 4.56. The molecule has 102 valence electrons. The smallest absolute Gasteiger partial charge is 0.275 e. The van der Waals surface area contributed by atoms with Crippen molar-refractivity contribution in [2.75, 3.05) is 5.32 Å². The molecule has 2 heterocycles. The highest BCUT2D eigenvalue weighted by molar-refractivity contribution is 7.15. The summed E-state index contributed by atoms with van der Waals surface area (Å²) in [4.78, 5) is 17.1. The van der Waals surface area contributed by atoms with Gasteiger partial charge < -0.3 is 5.32 Å². The molecule has 1 aromatic carbocycles. The van der Waals surface area contributed by atoms with Gasteiger partial charge in [-0.3, -0.25) is 9.20 Å². The normalized spacial score (nSPS) is 10.9. The van der Waals surface area contributed by atoms with Crippen LogP contribution in [-0.2, 0) is 0 Å². The second kappa shape index (κ2) is 4.88. The summed E-state index contributed by atoms with van der Waals surface area (Å²) in [6.45, 7) is 1.94. The highest BCUT2D eigenvalue weighted by atomic mass is 35.5. The Morgan fingerprint density at radius 2 is 2.30 bits per heavy atom. The molecule has 0 aliphatic heterocycles. The van der Waals surface area contributed by atoms with E-state index < -0.39 is 5.82 Å². The lowest BCUT2D eigenvalue weighted by molar-refractivity contribution is 0.102. The molecular weight excluding hydrogens is 301 g/mol. The number of amides is 1. The Labute approximate surface area is 122 Å². The Morgan fingerprint density at radius 1 is 1.50 bits per heavy atom. The summed E-state index contributed by atoms with van der Waals surface area (Å²) >= 11 is 7.13. The fourth-order valence-electron chi connectivity index (χ4n) is 1.77. The van der Waals surface area contributed by atoms with Crippen molar-refractivity contribution < 1.29 is 9.18 Å². The molecule has 0 bridgehead atoms. The molecule has 2 aromatic heterocycles. The summed E-state index contributed by atoms with van der Waals surface area (Å²) in [5.74, 6) is -0.884. The Hall–Kier alpha value is -1.92. The zero-order valence-electron chi connectivity index (χ0n) is 10.4. The van der Waals surface area contributed by atoms with Crippen LogP contribution in [0, 0.1) is 12.7 Å². The molecular formula is C13H9ClFN3OS. The predicted molar refractivity (Wildman–Crippen MR) is 77.2 cm³/mol. The number of carbonyl (C=O) groups is 1. The summed E-state index contributed by atoms with van der Waals surface area (Å²) in [5.41, 5.74) is 1.75. The standard InChI is InChI=1S/C13H9ClFN3OS/c1-7-6-20-13-17-11(5-18(7)13)12(19)16-8-2-3-10(15)9(14)4-8/h2-6H,1H3,(H,16,19). The number of nitrogens with zero attached hydrogens (tertiary/aromatic N) is 2. The summed E-state index contributed by atoms with van der Waals surface area (Å²) in [6, 6.07) is 4.01. The molecule has 0 saturated heterocycles. The first-order valence-electron chi connectivity index (χ1n) is 5.74. The van der Waals surface area contributed by atoms with E-state index in [1.807, 2.05) is 16.7 Å². The lowest BCUT2D eigenvalue weighted by Gasteiger charge is -2.03. The van der Waals surface area contributed by atoms with E-state index >= 15 is 0 Å². The molecule has 0 fully saturated rings. The molecule has 0 atom stereocenters. The van der Waals surface area contributed by atoms with Gasteiger partial charge in [-0.2, -0.15) is 0 Å². The van der Waals surface area contributed by atoms with Crippen LogP contribution in [0.15, 0.2) is 29.8 Å². The molecule has 3 rings (SSSR count). The minimum atomic E-state index is -0.525. The molecule has 0 spiro atoms. The number of anilines is 1. The van der Waals surface area contributed by atoms with Gasteiger partial charge in [0.15, 0.2) is 4.96 Å². The Balaban J connectivity index is 1.86. The predicted octanol–water partition coefficient (Wildman–Crippen LogP) is 3.75. The van der Waals surface area contributed by atoms with Crippen molar-refractivity contribution in [1.82, 2.24) is 9.38 Å². The third-order valence-corrected chi connectivity index (χ3v) is 4.05. The molecule has 0 aliphatic carbocycles. The van der Waals surface area contributed by atoms with Gasteiger partial charge in [0.2, 0.25) is 0 Å². The Kier molecular flexibility index (Phi) is 3.19. The lowest BCUT2D eigenvalue weighted by atomic mass is 10.3. The van der Waals surface area contributed by atoms with Crippen LogP contribution in [0.4, 0.5) is 10.1 Å². The first-order chi connectivity index (χ1) is 9.54. The molecule has 0 aliphatic rings. The maximum absolute atomic E-state index is 13.0. The number of thiazole rings is 1. The number of nitrogens with one attached hydrogen (secondary N) is 1. The van der Waals surface area contributed by atoms with Crippen LogP contribution >= 0.6 is 22.9 Å². The van der Waals surface area contributed by atoms with Crippen molar-refractivity contribution in [2.45, 2.75) is 6.92 Å². The summed E-state index contributed by atoms with van der Waals surface area (Å²) < 4.78 is 14.9. The van der Waals surface area contributed by atoms with E-state index in [-0.39, 0.29) is 10.9 Å². The van der Waals surface area contributed by atoms with Gasteiger partial charge in [-0.05, 0) is 25.1 Å². The molecule has 0 saturated carbocycles. The average Bonchev–Trinajstić information content (AvgIpc) is 2.97. The fourth-order valence-corrected chi connectivity index (χ4v) is 2.80. The topological polar surface area (TPSA) is 46.4 Å². The van der Waals surface area contributed by atoms with Crippen molar-refractivity contribution in [1.29, 1.82) is 0 Å². The number of carbonyl (C=O) groups excluding carboxylic acids is 1. The van der Waals surface area contributed by atoms with Gasteiger partial charge in [0, 0.05) is 23.0 Å². The number of aryl methyl sites for hydroxylation is 1. The van der Waals surface area contributed by atoms with Crippen molar-refractivity contribution in [3.05, 3.63) is 52.0 Å². The number of hydrogen-bond donors (Lipinski definition) is 1. The van der Waals surface area contributed by atoms with Crippen LogP contribution in [0.1, 0.15) is 16.2 Å².